The molecule has 2 aromatic heterocycles. The summed E-state index contributed by atoms with van der Waals surface area (Å²) in [4.78, 5) is 33.6. The molecule has 1 aliphatic rings. The number of carbonyl (C=O) groups excluding carboxylic acids is 2. The van der Waals surface area contributed by atoms with Crippen LogP contribution >= 0.6 is 11.6 Å². The van der Waals surface area contributed by atoms with Crippen LogP contribution < -0.4 is 21.3 Å². The first kappa shape index (κ1) is 26.3. The van der Waals surface area contributed by atoms with Crippen LogP contribution in [0.15, 0.2) is 47.1 Å². The van der Waals surface area contributed by atoms with E-state index in [1.54, 1.807) is 43.6 Å². The third-order valence-electron chi connectivity index (χ3n) is 6.12. The maximum absolute atomic E-state index is 12.8. The van der Waals surface area contributed by atoms with Gasteiger partial charge in [0, 0.05) is 36.0 Å². The van der Waals surface area contributed by atoms with E-state index >= 15 is 0 Å². The topological polar surface area (TPSA) is 134 Å². The van der Waals surface area contributed by atoms with Gasteiger partial charge in [-0.25, -0.2) is 9.97 Å². The van der Waals surface area contributed by atoms with Gasteiger partial charge in [0.2, 0.25) is 11.9 Å². The highest BCUT2D eigenvalue weighted by Crippen LogP contribution is 2.32. The lowest BCUT2D eigenvalue weighted by atomic mass is 10.1. The third-order valence-corrected chi connectivity index (χ3v) is 6.40. The van der Waals surface area contributed by atoms with E-state index in [-0.39, 0.29) is 23.9 Å². The lowest BCUT2D eigenvalue weighted by Gasteiger charge is -2.15. The summed E-state index contributed by atoms with van der Waals surface area (Å²) in [5.41, 5.74) is 3.21. The quantitative estimate of drug-likeness (QED) is 0.310. The van der Waals surface area contributed by atoms with Crippen LogP contribution in [0, 0.1) is 13.8 Å². The molecule has 0 aliphatic heterocycles. The van der Waals surface area contributed by atoms with Crippen molar-refractivity contribution in [3.05, 3.63) is 64.7 Å². The van der Waals surface area contributed by atoms with Gasteiger partial charge in [-0.2, -0.15) is 0 Å². The molecule has 0 spiro atoms. The Morgan fingerprint density at radius 1 is 1.16 bits per heavy atom. The Balaban J connectivity index is 1.31. The summed E-state index contributed by atoms with van der Waals surface area (Å²) in [6.07, 6.45) is 7.21. The van der Waals surface area contributed by atoms with Crippen molar-refractivity contribution in [2.24, 2.45) is 0 Å². The molecule has 10 nitrogen and oxygen atoms in total. The Hall–Kier alpha value is -3.76. The molecule has 1 fully saturated rings. The zero-order valence-corrected chi connectivity index (χ0v) is 21.7. The van der Waals surface area contributed by atoms with E-state index < -0.39 is 0 Å². The Bertz CT molecular complexity index is 1270. The van der Waals surface area contributed by atoms with Crippen LogP contribution in [0.25, 0.3) is 11.3 Å². The summed E-state index contributed by atoms with van der Waals surface area (Å²) in [5, 5.41) is 16.6. The van der Waals surface area contributed by atoms with Crippen LogP contribution in [0.1, 0.15) is 41.1 Å². The largest absolute Gasteiger partial charge is 0.361 e. The minimum absolute atomic E-state index is 0.0241. The molecule has 194 valence electrons. The maximum Gasteiger partial charge on any atom is 0.251 e. The first-order valence-electron chi connectivity index (χ1n) is 12.1. The van der Waals surface area contributed by atoms with Gasteiger partial charge in [0.1, 0.15) is 5.76 Å². The number of nitrogens with one attached hydrogen (secondary N) is 4. The summed E-state index contributed by atoms with van der Waals surface area (Å²) < 4.78 is 5.25. The molecule has 11 heteroatoms. The van der Waals surface area contributed by atoms with Crippen LogP contribution in [-0.2, 0) is 4.79 Å². The number of likely N-dealkylation sites (N-methyl/N-ethyl adjacent to an activating group) is 1. The van der Waals surface area contributed by atoms with Crippen molar-refractivity contribution in [3.63, 3.8) is 0 Å². The molecule has 0 radical (unpaired) electrons. The average molecular weight is 524 g/mol. The fraction of sp³-hybridized carbons (Fsp3) is 0.346. The van der Waals surface area contributed by atoms with E-state index in [9.17, 15) is 9.59 Å². The van der Waals surface area contributed by atoms with Crippen molar-refractivity contribution in [3.8, 4) is 11.3 Å². The Morgan fingerprint density at radius 2 is 1.92 bits per heavy atom. The van der Waals surface area contributed by atoms with Crippen molar-refractivity contribution in [1.29, 1.82) is 0 Å². The van der Waals surface area contributed by atoms with Crippen molar-refractivity contribution in [2.75, 3.05) is 24.2 Å². The summed E-state index contributed by atoms with van der Waals surface area (Å²) in [6.45, 7) is 4.27. The number of aryl methyl sites for hydroxylation is 2. The minimum Gasteiger partial charge on any atom is -0.361 e. The van der Waals surface area contributed by atoms with Gasteiger partial charge in [-0.1, -0.05) is 22.8 Å². The molecule has 1 aliphatic carbocycles. The molecule has 4 rings (SSSR count). The van der Waals surface area contributed by atoms with E-state index in [0.29, 0.717) is 45.9 Å². The Kier molecular flexibility index (Phi) is 8.52. The number of halogens is 1. The van der Waals surface area contributed by atoms with Crippen molar-refractivity contribution in [2.45, 2.75) is 45.2 Å². The molecule has 1 saturated carbocycles. The number of anilines is 2. The molecular weight excluding hydrogens is 494 g/mol. The lowest BCUT2D eigenvalue weighted by molar-refractivity contribution is -0.111. The summed E-state index contributed by atoms with van der Waals surface area (Å²) in [5.74, 6) is 0.737. The van der Waals surface area contributed by atoms with E-state index in [2.05, 4.69) is 36.4 Å². The van der Waals surface area contributed by atoms with Gasteiger partial charge in [-0.15, -0.1) is 0 Å². The van der Waals surface area contributed by atoms with Gasteiger partial charge in [0.15, 0.2) is 0 Å². The summed E-state index contributed by atoms with van der Waals surface area (Å²) in [6, 6.07) is 6.96. The van der Waals surface area contributed by atoms with Gasteiger partial charge < -0.3 is 25.8 Å². The normalized spacial score (nSPS) is 17.2. The Morgan fingerprint density at radius 3 is 2.62 bits per heavy atom. The predicted octanol–water partition coefficient (Wildman–Crippen LogP) is 3.88. The second-order valence-electron chi connectivity index (χ2n) is 8.94. The number of benzene rings is 1. The summed E-state index contributed by atoms with van der Waals surface area (Å²) in [7, 11) is 1.81. The van der Waals surface area contributed by atoms with Crippen molar-refractivity contribution >= 4 is 35.1 Å². The van der Waals surface area contributed by atoms with E-state index in [0.717, 1.165) is 24.8 Å². The van der Waals surface area contributed by atoms with Crippen LogP contribution in [0.4, 0.5) is 11.6 Å². The van der Waals surface area contributed by atoms with Gasteiger partial charge in [-0.3, -0.25) is 9.59 Å². The van der Waals surface area contributed by atoms with Crippen LogP contribution in [0.2, 0.25) is 5.02 Å². The Labute approximate surface area is 220 Å². The van der Waals surface area contributed by atoms with Crippen molar-refractivity contribution < 1.29 is 14.1 Å². The highest BCUT2D eigenvalue weighted by atomic mass is 35.5. The molecule has 0 bridgehead atoms. The molecule has 2 heterocycles. The second-order valence-corrected chi connectivity index (χ2v) is 9.35. The molecule has 3 aromatic rings. The predicted molar refractivity (Wildman–Crippen MR) is 143 cm³/mol. The SMILES string of the molecule is CNC/C=C/C(=O)Nc1ccc(C(=O)NC2CCC(Nc3ncc(Cl)c(-c4c(C)noc4C)n3)C2)cc1. The fourth-order valence-electron chi connectivity index (χ4n) is 4.30. The van der Waals surface area contributed by atoms with Gasteiger partial charge in [0.25, 0.3) is 5.91 Å². The van der Waals surface area contributed by atoms with Gasteiger partial charge in [-0.05, 0) is 64.4 Å². The van der Waals surface area contributed by atoms with E-state index in [4.69, 9.17) is 16.1 Å². The summed E-state index contributed by atoms with van der Waals surface area (Å²) >= 11 is 6.35. The maximum atomic E-state index is 12.8. The van der Waals surface area contributed by atoms with Crippen LogP contribution in [-0.4, -0.2) is 52.6 Å². The molecule has 1 aromatic carbocycles. The lowest BCUT2D eigenvalue weighted by Crippen LogP contribution is -2.34. The molecule has 0 saturated heterocycles. The number of hydrogen-bond donors (Lipinski definition) is 4. The number of aromatic nitrogens is 3. The smallest absolute Gasteiger partial charge is 0.251 e. The van der Waals surface area contributed by atoms with E-state index in [1.807, 2.05) is 13.8 Å². The van der Waals surface area contributed by atoms with E-state index in [1.165, 1.54) is 6.08 Å². The third kappa shape index (κ3) is 6.72. The standard InChI is InChI=1S/C26H30ClN7O3/c1-15-23(16(2)37-34-15)24-21(27)14-29-26(33-24)32-20-11-10-19(13-20)31-25(36)17-6-8-18(9-7-17)30-22(35)5-4-12-28-3/h4-9,14,19-20,28H,10-13H2,1-3H3,(H,30,35)(H,31,36)(H,29,32,33)/b5-4+. The van der Waals surface area contributed by atoms with Crippen LogP contribution in [0.5, 0.6) is 0 Å². The fourth-order valence-corrected chi connectivity index (χ4v) is 4.49. The molecule has 4 N–H and O–H groups in total. The molecular formula is C26H30ClN7O3. The average Bonchev–Trinajstić information content (AvgIpc) is 3.46. The van der Waals surface area contributed by atoms with Crippen LogP contribution in [0.3, 0.4) is 0 Å². The van der Waals surface area contributed by atoms with Gasteiger partial charge in [0.05, 0.1) is 28.2 Å². The van der Waals surface area contributed by atoms with Crippen molar-refractivity contribution in [1.82, 2.24) is 25.8 Å². The molecule has 2 amide bonds. The van der Waals surface area contributed by atoms with Gasteiger partial charge >= 0.3 is 0 Å². The zero-order valence-electron chi connectivity index (χ0n) is 21.0. The number of rotatable bonds is 9. The highest BCUT2D eigenvalue weighted by molar-refractivity contribution is 6.33. The number of amides is 2. The molecule has 2 atom stereocenters. The first-order chi connectivity index (χ1) is 17.8. The molecule has 2 unspecified atom stereocenters. The number of carbonyl (C=O) groups is 2. The minimum atomic E-state index is -0.222. The zero-order chi connectivity index (χ0) is 26.4. The highest BCUT2D eigenvalue weighted by Gasteiger charge is 2.27. The first-order valence-corrected chi connectivity index (χ1v) is 12.5. The molecule has 37 heavy (non-hydrogen) atoms. The second kappa shape index (κ2) is 12.0. The number of nitrogens with zero attached hydrogens (tertiary/aromatic N) is 3. The monoisotopic (exact) mass is 523 g/mol. The number of hydrogen-bond acceptors (Lipinski definition) is 8.